The van der Waals surface area contributed by atoms with Gasteiger partial charge in [-0.2, -0.15) is 0 Å². The zero-order valence-electron chi connectivity index (χ0n) is 12.1. The van der Waals surface area contributed by atoms with Gasteiger partial charge in [-0.25, -0.2) is 0 Å². The molecule has 2 N–H and O–H groups in total. The first-order valence-electron chi connectivity index (χ1n) is 6.79. The fourth-order valence-electron chi connectivity index (χ4n) is 2.38. The van der Waals surface area contributed by atoms with Crippen LogP contribution in [-0.2, 0) is 6.42 Å². The predicted molar refractivity (Wildman–Crippen MR) is 76.8 cm³/mol. The number of nitrogens with two attached hydrogens (primary N) is 1. The molecule has 0 aliphatic rings. The summed E-state index contributed by atoms with van der Waals surface area (Å²) in [6, 6.07) is 8.20. The zero-order chi connectivity index (χ0) is 13.6. The van der Waals surface area contributed by atoms with Gasteiger partial charge in [0, 0.05) is 6.42 Å². The van der Waals surface area contributed by atoms with Crippen LogP contribution in [0, 0.1) is 0 Å². The molecule has 0 saturated carbocycles. The first kappa shape index (κ1) is 15.0. The average molecular weight is 250 g/mol. The Morgan fingerprint density at radius 3 is 2.44 bits per heavy atom. The summed E-state index contributed by atoms with van der Waals surface area (Å²) in [5.41, 5.74) is 7.33. The summed E-state index contributed by atoms with van der Waals surface area (Å²) in [5.74, 6) is 0.922. The van der Waals surface area contributed by atoms with Crippen LogP contribution in [0.25, 0.3) is 0 Å². The maximum absolute atomic E-state index is 6.42. The average Bonchev–Trinajstić information content (AvgIpc) is 2.30. The second kappa shape index (κ2) is 6.76. The van der Waals surface area contributed by atoms with E-state index in [1.807, 2.05) is 19.1 Å². The number of benzene rings is 1. The van der Waals surface area contributed by atoms with Gasteiger partial charge in [-0.3, -0.25) is 4.90 Å². The number of nitrogens with zero attached hydrogens (tertiary/aromatic N) is 1. The lowest BCUT2D eigenvalue weighted by atomic mass is 10.00. The van der Waals surface area contributed by atoms with Gasteiger partial charge in [-0.05, 0) is 44.6 Å². The molecule has 3 heteroatoms. The van der Waals surface area contributed by atoms with Crippen molar-refractivity contribution < 1.29 is 4.74 Å². The molecule has 3 nitrogen and oxygen atoms in total. The van der Waals surface area contributed by atoms with E-state index in [0.29, 0.717) is 6.61 Å². The van der Waals surface area contributed by atoms with Crippen LogP contribution in [0.1, 0.15) is 33.3 Å². The number of hydrogen-bond acceptors (Lipinski definition) is 3. The minimum atomic E-state index is -0.311. The lowest BCUT2D eigenvalue weighted by molar-refractivity contribution is 0.123. The molecule has 0 radical (unpaired) electrons. The molecule has 0 aromatic heterocycles. The molecular weight excluding hydrogens is 224 g/mol. The van der Waals surface area contributed by atoms with Gasteiger partial charge in [0.2, 0.25) is 0 Å². The van der Waals surface area contributed by atoms with Crippen LogP contribution in [-0.4, -0.2) is 30.3 Å². The maximum atomic E-state index is 6.42. The van der Waals surface area contributed by atoms with E-state index in [-0.39, 0.29) is 5.66 Å². The standard InChI is InChI=1S/C15H26N2O/c1-5-17(6-2)15(4,16)12-13-9-8-10-14(11-13)18-7-3/h8-11H,5-7,12,16H2,1-4H3. The van der Waals surface area contributed by atoms with Crippen LogP contribution in [0.15, 0.2) is 24.3 Å². The number of hydrogen-bond donors (Lipinski definition) is 1. The Morgan fingerprint density at radius 1 is 1.22 bits per heavy atom. The van der Waals surface area contributed by atoms with Gasteiger partial charge in [0.05, 0.1) is 12.3 Å². The van der Waals surface area contributed by atoms with Gasteiger partial charge in [-0.1, -0.05) is 26.0 Å². The van der Waals surface area contributed by atoms with E-state index < -0.39 is 0 Å². The van der Waals surface area contributed by atoms with Crippen LogP contribution >= 0.6 is 0 Å². The summed E-state index contributed by atoms with van der Waals surface area (Å²) in [5, 5.41) is 0. The second-order valence-corrected chi connectivity index (χ2v) is 4.79. The van der Waals surface area contributed by atoms with Gasteiger partial charge in [0.1, 0.15) is 5.75 Å². The summed E-state index contributed by atoms with van der Waals surface area (Å²) in [4.78, 5) is 2.28. The SMILES string of the molecule is CCOc1cccc(CC(C)(N)N(CC)CC)c1. The largest absolute Gasteiger partial charge is 0.494 e. The molecule has 1 rings (SSSR count). The van der Waals surface area contributed by atoms with E-state index in [2.05, 4.69) is 37.8 Å². The molecule has 0 heterocycles. The van der Waals surface area contributed by atoms with Crippen LogP contribution in [0.2, 0.25) is 0 Å². The fraction of sp³-hybridized carbons (Fsp3) is 0.600. The van der Waals surface area contributed by atoms with Crippen molar-refractivity contribution in [2.75, 3.05) is 19.7 Å². The van der Waals surface area contributed by atoms with E-state index in [9.17, 15) is 0 Å². The van der Waals surface area contributed by atoms with Crippen LogP contribution in [0.3, 0.4) is 0 Å². The third kappa shape index (κ3) is 4.00. The van der Waals surface area contributed by atoms with Gasteiger partial charge >= 0.3 is 0 Å². The van der Waals surface area contributed by atoms with Crippen molar-refractivity contribution in [3.05, 3.63) is 29.8 Å². The highest BCUT2D eigenvalue weighted by atomic mass is 16.5. The summed E-state index contributed by atoms with van der Waals surface area (Å²) in [6.45, 7) is 11.0. The van der Waals surface area contributed by atoms with Crippen molar-refractivity contribution in [3.8, 4) is 5.75 Å². The van der Waals surface area contributed by atoms with Crippen molar-refractivity contribution in [3.63, 3.8) is 0 Å². The summed E-state index contributed by atoms with van der Waals surface area (Å²) < 4.78 is 5.52. The molecule has 0 bridgehead atoms. The van der Waals surface area contributed by atoms with Crippen LogP contribution in [0.5, 0.6) is 5.75 Å². The highest BCUT2D eigenvalue weighted by Crippen LogP contribution is 2.19. The highest BCUT2D eigenvalue weighted by Gasteiger charge is 2.25. The van der Waals surface area contributed by atoms with Crippen molar-refractivity contribution in [1.29, 1.82) is 0 Å². The van der Waals surface area contributed by atoms with Crippen LogP contribution < -0.4 is 10.5 Å². The molecular formula is C15H26N2O. The lowest BCUT2D eigenvalue weighted by Gasteiger charge is -2.37. The third-order valence-corrected chi connectivity index (χ3v) is 3.26. The summed E-state index contributed by atoms with van der Waals surface area (Å²) >= 11 is 0. The second-order valence-electron chi connectivity index (χ2n) is 4.79. The summed E-state index contributed by atoms with van der Waals surface area (Å²) in [6.07, 6.45) is 0.829. The monoisotopic (exact) mass is 250 g/mol. The van der Waals surface area contributed by atoms with Gasteiger partial charge in [0.15, 0.2) is 0 Å². The van der Waals surface area contributed by atoms with E-state index in [0.717, 1.165) is 25.3 Å². The van der Waals surface area contributed by atoms with E-state index in [1.54, 1.807) is 0 Å². The zero-order valence-corrected chi connectivity index (χ0v) is 12.1. The Labute approximate surface area is 111 Å². The minimum absolute atomic E-state index is 0.311. The fourth-order valence-corrected chi connectivity index (χ4v) is 2.38. The molecule has 1 atom stereocenters. The number of rotatable bonds is 7. The molecule has 0 amide bonds. The topological polar surface area (TPSA) is 38.5 Å². The smallest absolute Gasteiger partial charge is 0.119 e. The molecule has 1 aromatic rings. The first-order valence-corrected chi connectivity index (χ1v) is 6.79. The van der Waals surface area contributed by atoms with E-state index in [1.165, 1.54) is 5.56 Å². The van der Waals surface area contributed by atoms with Crippen molar-refractivity contribution in [2.45, 2.75) is 39.8 Å². The van der Waals surface area contributed by atoms with Crippen molar-refractivity contribution >= 4 is 0 Å². The van der Waals surface area contributed by atoms with Crippen molar-refractivity contribution in [2.24, 2.45) is 5.73 Å². The molecule has 102 valence electrons. The third-order valence-electron chi connectivity index (χ3n) is 3.26. The Bertz CT molecular complexity index is 359. The van der Waals surface area contributed by atoms with Gasteiger partial charge < -0.3 is 10.5 Å². The molecule has 0 fully saturated rings. The van der Waals surface area contributed by atoms with E-state index in [4.69, 9.17) is 10.5 Å². The summed E-state index contributed by atoms with van der Waals surface area (Å²) in [7, 11) is 0. The molecule has 1 aromatic carbocycles. The Hall–Kier alpha value is -1.06. The van der Waals surface area contributed by atoms with Crippen LogP contribution in [0.4, 0.5) is 0 Å². The van der Waals surface area contributed by atoms with E-state index >= 15 is 0 Å². The maximum Gasteiger partial charge on any atom is 0.119 e. The number of ether oxygens (including phenoxy) is 1. The number of likely N-dealkylation sites (N-methyl/N-ethyl adjacent to an activating group) is 1. The lowest BCUT2D eigenvalue weighted by Crippen LogP contribution is -2.55. The Morgan fingerprint density at radius 2 is 1.89 bits per heavy atom. The van der Waals surface area contributed by atoms with Gasteiger partial charge in [-0.15, -0.1) is 0 Å². The molecule has 0 saturated heterocycles. The molecule has 0 aliphatic carbocycles. The molecule has 0 aliphatic heterocycles. The quantitative estimate of drug-likeness (QED) is 0.756. The Kier molecular flexibility index (Phi) is 5.63. The molecule has 1 unspecified atom stereocenters. The molecule has 18 heavy (non-hydrogen) atoms. The minimum Gasteiger partial charge on any atom is -0.494 e. The Balaban J connectivity index is 2.79. The molecule has 0 spiro atoms. The highest BCUT2D eigenvalue weighted by molar-refractivity contribution is 5.29. The van der Waals surface area contributed by atoms with Gasteiger partial charge in [0.25, 0.3) is 0 Å². The normalized spacial score (nSPS) is 14.6. The van der Waals surface area contributed by atoms with Crippen molar-refractivity contribution in [1.82, 2.24) is 4.90 Å². The predicted octanol–water partition coefficient (Wildman–Crippen LogP) is 2.64. The first-order chi connectivity index (χ1) is 8.53.